The van der Waals surface area contributed by atoms with Crippen molar-refractivity contribution in [3.63, 3.8) is 0 Å². The molecule has 2 rings (SSSR count). The zero-order valence-electron chi connectivity index (χ0n) is 11.6. The SMILES string of the molecule is CC(C)c1ccc(CNC(=O)c2ccc(N)nn2)cc1. The van der Waals surface area contributed by atoms with Crippen molar-refractivity contribution in [2.45, 2.75) is 26.3 Å². The Hall–Kier alpha value is -2.43. The van der Waals surface area contributed by atoms with Crippen molar-refractivity contribution in [1.82, 2.24) is 15.5 Å². The van der Waals surface area contributed by atoms with Crippen LogP contribution in [0, 0.1) is 0 Å². The normalized spacial score (nSPS) is 10.6. The maximum atomic E-state index is 11.9. The van der Waals surface area contributed by atoms with Gasteiger partial charge in [-0.05, 0) is 29.2 Å². The van der Waals surface area contributed by atoms with Crippen molar-refractivity contribution in [2.75, 3.05) is 5.73 Å². The first-order valence-corrected chi connectivity index (χ1v) is 6.52. The van der Waals surface area contributed by atoms with Crippen LogP contribution in [0.3, 0.4) is 0 Å². The Morgan fingerprint density at radius 1 is 1.15 bits per heavy atom. The molecule has 0 radical (unpaired) electrons. The lowest BCUT2D eigenvalue weighted by molar-refractivity contribution is 0.0945. The Bertz CT molecular complexity index is 576. The van der Waals surface area contributed by atoms with E-state index in [0.717, 1.165) is 5.56 Å². The molecule has 20 heavy (non-hydrogen) atoms. The number of anilines is 1. The predicted molar refractivity (Wildman–Crippen MR) is 78.1 cm³/mol. The maximum Gasteiger partial charge on any atom is 0.272 e. The fraction of sp³-hybridized carbons (Fsp3) is 0.267. The fourth-order valence-electron chi connectivity index (χ4n) is 1.76. The molecule has 0 aliphatic heterocycles. The Morgan fingerprint density at radius 2 is 1.85 bits per heavy atom. The van der Waals surface area contributed by atoms with Gasteiger partial charge in [-0.25, -0.2) is 0 Å². The molecule has 5 heteroatoms. The van der Waals surface area contributed by atoms with Gasteiger partial charge in [0.2, 0.25) is 0 Å². The topological polar surface area (TPSA) is 80.9 Å². The Labute approximate surface area is 118 Å². The average molecular weight is 270 g/mol. The standard InChI is InChI=1S/C15H18N4O/c1-10(2)12-5-3-11(4-6-12)9-17-15(20)13-7-8-14(16)19-18-13/h3-8,10H,9H2,1-2H3,(H2,16,19)(H,17,20). The molecule has 1 aromatic carbocycles. The maximum absolute atomic E-state index is 11.9. The number of amides is 1. The first-order valence-electron chi connectivity index (χ1n) is 6.52. The van der Waals surface area contributed by atoms with Crippen LogP contribution in [0.1, 0.15) is 41.4 Å². The molecular formula is C15H18N4O. The molecule has 0 unspecified atom stereocenters. The number of nitrogens with one attached hydrogen (secondary N) is 1. The molecular weight excluding hydrogens is 252 g/mol. The monoisotopic (exact) mass is 270 g/mol. The van der Waals surface area contributed by atoms with Crippen LogP contribution in [-0.4, -0.2) is 16.1 Å². The summed E-state index contributed by atoms with van der Waals surface area (Å²) in [5, 5.41) is 10.2. The van der Waals surface area contributed by atoms with Crippen LogP contribution in [0.5, 0.6) is 0 Å². The third kappa shape index (κ3) is 3.54. The van der Waals surface area contributed by atoms with Crippen molar-refractivity contribution in [3.05, 3.63) is 53.2 Å². The van der Waals surface area contributed by atoms with Gasteiger partial charge >= 0.3 is 0 Å². The van der Waals surface area contributed by atoms with E-state index in [1.54, 1.807) is 12.1 Å². The highest BCUT2D eigenvalue weighted by atomic mass is 16.1. The van der Waals surface area contributed by atoms with Crippen LogP contribution in [-0.2, 0) is 6.54 Å². The lowest BCUT2D eigenvalue weighted by Gasteiger charge is -2.08. The highest BCUT2D eigenvalue weighted by molar-refractivity contribution is 5.92. The van der Waals surface area contributed by atoms with Crippen LogP contribution < -0.4 is 11.1 Å². The molecule has 0 spiro atoms. The molecule has 5 nitrogen and oxygen atoms in total. The van der Waals surface area contributed by atoms with Crippen molar-refractivity contribution < 1.29 is 4.79 Å². The molecule has 2 aromatic rings. The number of rotatable bonds is 4. The number of aromatic nitrogens is 2. The molecule has 0 saturated carbocycles. The van der Waals surface area contributed by atoms with Crippen LogP contribution in [0.4, 0.5) is 5.82 Å². The number of nitrogens with two attached hydrogens (primary N) is 1. The summed E-state index contributed by atoms with van der Waals surface area (Å²) in [5.74, 6) is 0.542. The third-order valence-corrected chi connectivity index (χ3v) is 3.02. The first kappa shape index (κ1) is 14.0. The Morgan fingerprint density at radius 3 is 2.40 bits per heavy atom. The minimum Gasteiger partial charge on any atom is -0.382 e. The molecule has 1 amide bonds. The van der Waals surface area contributed by atoms with Gasteiger partial charge in [0.05, 0.1) is 0 Å². The van der Waals surface area contributed by atoms with E-state index in [2.05, 4.69) is 41.5 Å². The van der Waals surface area contributed by atoms with E-state index < -0.39 is 0 Å². The summed E-state index contributed by atoms with van der Waals surface area (Å²) < 4.78 is 0. The number of nitrogens with zero attached hydrogens (tertiary/aromatic N) is 2. The summed E-state index contributed by atoms with van der Waals surface area (Å²) in [4.78, 5) is 11.9. The van der Waals surface area contributed by atoms with E-state index in [1.807, 2.05) is 12.1 Å². The third-order valence-electron chi connectivity index (χ3n) is 3.02. The number of hydrogen-bond donors (Lipinski definition) is 2. The van der Waals surface area contributed by atoms with Crippen LogP contribution in [0.15, 0.2) is 36.4 Å². The first-order chi connectivity index (χ1) is 9.56. The summed E-state index contributed by atoms with van der Waals surface area (Å²) in [7, 11) is 0. The molecule has 104 valence electrons. The Kier molecular flexibility index (Phi) is 4.30. The predicted octanol–water partition coefficient (Wildman–Crippen LogP) is 2.11. The molecule has 1 aromatic heterocycles. The van der Waals surface area contributed by atoms with E-state index in [0.29, 0.717) is 18.3 Å². The van der Waals surface area contributed by atoms with Crippen molar-refractivity contribution in [2.24, 2.45) is 0 Å². The quantitative estimate of drug-likeness (QED) is 0.891. The Balaban J connectivity index is 1.94. The number of hydrogen-bond acceptors (Lipinski definition) is 4. The molecule has 0 aliphatic rings. The van der Waals surface area contributed by atoms with Crippen molar-refractivity contribution >= 4 is 11.7 Å². The molecule has 1 heterocycles. The zero-order valence-corrected chi connectivity index (χ0v) is 11.6. The molecule has 0 bridgehead atoms. The number of carbonyl (C=O) groups excluding carboxylic acids is 1. The van der Waals surface area contributed by atoms with Gasteiger partial charge in [-0.2, -0.15) is 0 Å². The van der Waals surface area contributed by atoms with Gasteiger partial charge in [0.25, 0.3) is 5.91 Å². The lowest BCUT2D eigenvalue weighted by atomic mass is 10.0. The highest BCUT2D eigenvalue weighted by Gasteiger charge is 2.07. The minimum absolute atomic E-state index is 0.259. The second-order valence-corrected chi connectivity index (χ2v) is 4.92. The van der Waals surface area contributed by atoms with E-state index in [1.165, 1.54) is 5.56 Å². The van der Waals surface area contributed by atoms with Gasteiger partial charge in [0, 0.05) is 6.54 Å². The second-order valence-electron chi connectivity index (χ2n) is 4.92. The van der Waals surface area contributed by atoms with Crippen molar-refractivity contribution in [1.29, 1.82) is 0 Å². The molecule has 0 fully saturated rings. The van der Waals surface area contributed by atoms with Crippen LogP contribution in [0.2, 0.25) is 0 Å². The minimum atomic E-state index is -0.259. The van der Waals surface area contributed by atoms with Gasteiger partial charge < -0.3 is 11.1 Å². The van der Waals surface area contributed by atoms with E-state index >= 15 is 0 Å². The summed E-state index contributed by atoms with van der Waals surface area (Å²) in [5.41, 5.74) is 8.02. The summed E-state index contributed by atoms with van der Waals surface area (Å²) >= 11 is 0. The van der Waals surface area contributed by atoms with Crippen LogP contribution >= 0.6 is 0 Å². The van der Waals surface area contributed by atoms with Gasteiger partial charge in [-0.1, -0.05) is 38.1 Å². The summed E-state index contributed by atoms with van der Waals surface area (Å²) in [6.07, 6.45) is 0. The van der Waals surface area contributed by atoms with Crippen LogP contribution in [0.25, 0.3) is 0 Å². The molecule has 0 saturated heterocycles. The van der Waals surface area contributed by atoms with Gasteiger partial charge in [0.1, 0.15) is 5.82 Å². The summed E-state index contributed by atoms with van der Waals surface area (Å²) in [6.45, 7) is 4.76. The molecule has 3 N–H and O–H groups in total. The number of carbonyl (C=O) groups is 1. The average Bonchev–Trinajstić information content (AvgIpc) is 2.46. The number of benzene rings is 1. The van der Waals surface area contributed by atoms with E-state index in [4.69, 9.17) is 5.73 Å². The fourth-order valence-corrected chi connectivity index (χ4v) is 1.76. The summed E-state index contributed by atoms with van der Waals surface area (Å²) in [6, 6.07) is 11.3. The zero-order chi connectivity index (χ0) is 14.5. The van der Waals surface area contributed by atoms with Gasteiger partial charge in [-0.3, -0.25) is 4.79 Å². The van der Waals surface area contributed by atoms with Gasteiger partial charge in [-0.15, -0.1) is 10.2 Å². The second kappa shape index (κ2) is 6.14. The van der Waals surface area contributed by atoms with Gasteiger partial charge in [0.15, 0.2) is 5.69 Å². The highest BCUT2D eigenvalue weighted by Crippen LogP contribution is 2.14. The van der Waals surface area contributed by atoms with Crippen molar-refractivity contribution in [3.8, 4) is 0 Å². The van der Waals surface area contributed by atoms with E-state index in [9.17, 15) is 4.79 Å². The molecule has 0 aliphatic carbocycles. The number of nitrogen functional groups attached to an aromatic ring is 1. The largest absolute Gasteiger partial charge is 0.382 e. The smallest absolute Gasteiger partial charge is 0.272 e. The molecule has 0 atom stereocenters. The lowest BCUT2D eigenvalue weighted by Crippen LogP contribution is -2.24. The van der Waals surface area contributed by atoms with E-state index in [-0.39, 0.29) is 11.6 Å².